The molecule has 0 saturated carbocycles. The van der Waals surface area contributed by atoms with Gasteiger partial charge >= 0.3 is 5.97 Å². The van der Waals surface area contributed by atoms with Crippen molar-refractivity contribution < 1.29 is 17.9 Å². The number of hydrogen-bond acceptors (Lipinski definition) is 4. The molecule has 0 fully saturated rings. The Morgan fingerprint density at radius 3 is 2.55 bits per heavy atom. The normalized spacial score (nSPS) is 19.4. The van der Waals surface area contributed by atoms with Crippen molar-refractivity contribution in [1.29, 1.82) is 0 Å². The average molecular weight is 323 g/mol. The molecule has 0 N–H and O–H groups in total. The maximum absolute atomic E-state index is 13.0. The van der Waals surface area contributed by atoms with Crippen LogP contribution in [0.15, 0.2) is 35.7 Å². The van der Waals surface area contributed by atoms with Crippen molar-refractivity contribution in [1.82, 2.24) is 4.31 Å². The van der Waals surface area contributed by atoms with Crippen LogP contribution in [0.25, 0.3) is 5.57 Å². The number of methoxy groups -OCH3 is 1. The van der Waals surface area contributed by atoms with E-state index in [1.807, 2.05) is 13.8 Å². The third-order valence-electron chi connectivity index (χ3n) is 3.87. The lowest BCUT2D eigenvalue weighted by Gasteiger charge is -2.30. The third-order valence-corrected chi connectivity index (χ3v) is 5.81. The van der Waals surface area contributed by atoms with Crippen LogP contribution < -0.4 is 0 Å². The van der Waals surface area contributed by atoms with E-state index in [9.17, 15) is 13.2 Å². The van der Waals surface area contributed by atoms with Crippen LogP contribution in [-0.2, 0) is 19.6 Å². The highest BCUT2D eigenvalue weighted by Crippen LogP contribution is 2.33. The summed E-state index contributed by atoms with van der Waals surface area (Å²) in [6.07, 6.45) is 0.483. The van der Waals surface area contributed by atoms with E-state index in [0.717, 1.165) is 5.57 Å². The van der Waals surface area contributed by atoms with Crippen molar-refractivity contribution >= 4 is 21.6 Å². The number of fused-ring (bicyclic) bond motifs is 1. The van der Waals surface area contributed by atoms with Gasteiger partial charge in [-0.1, -0.05) is 38.6 Å². The zero-order chi connectivity index (χ0) is 16.5. The fourth-order valence-corrected chi connectivity index (χ4v) is 4.70. The molecule has 22 heavy (non-hydrogen) atoms. The number of esters is 1. The summed E-state index contributed by atoms with van der Waals surface area (Å²) < 4.78 is 32.1. The lowest BCUT2D eigenvalue weighted by Crippen LogP contribution is -2.48. The molecule has 0 bridgehead atoms. The average Bonchev–Trinajstić information content (AvgIpc) is 2.57. The summed E-state index contributed by atoms with van der Waals surface area (Å²) in [7, 11) is -2.51. The number of benzene rings is 1. The SMILES string of the molecule is C=C1CCN([C@@H](C(=O)OC)C(C)C)S(=O)(=O)c2ccccc21. The minimum Gasteiger partial charge on any atom is -0.468 e. The van der Waals surface area contributed by atoms with E-state index in [1.54, 1.807) is 24.3 Å². The molecule has 1 aromatic rings. The van der Waals surface area contributed by atoms with Gasteiger partial charge in [0.2, 0.25) is 10.0 Å². The Morgan fingerprint density at radius 1 is 1.32 bits per heavy atom. The van der Waals surface area contributed by atoms with Crippen LogP contribution >= 0.6 is 0 Å². The van der Waals surface area contributed by atoms with Crippen LogP contribution in [0.2, 0.25) is 0 Å². The van der Waals surface area contributed by atoms with Crippen molar-refractivity contribution in [2.45, 2.75) is 31.2 Å². The molecule has 0 aromatic heterocycles. The topological polar surface area (TPSA) is 63.7 Å². The van der Waals surface area contributed by atoms with Gasteiger partial charge in [0.15, 0.2) is 0 Å². The number of ether oxygens (including phenoxy) is 1. The van der Waals surface area contributed by atoms with Crippen molar-refractivity contribution in [3.05, 3.63) is 36.4 Å². The van der Waals surface area contributed by atoms with Gasteiger partial charge in [-0.2, -0.15) is 4.31 Å². The Bertz CT molecular complexity index is 694. The number of hydrogen-bond donors (Lipinski definition) is 0. The molecule has 0 radical (unpaired) electrons. The zero-order valence-electron chi connectivity index (χ0n) is 13.1. The smallest absolute Gasteiger partial charge is 0.324 e. The van der Waals surface area contributed by atoms with E-state index in [4.69, 9.17) is 4.74 Å². The standard InChI is InChI=1S/C16H21NO4S/c1-11(2)15(16(18)21-4)17-10-9-12(3)13-7-5-6-8-14(13)22(17,19)20/h5-8,11,15H,3,9-10H2,1-2,4H3/t15-/m1/s1. The lowest BCUT2D eigenvalue weighted by molar-refractivity contribution is -0.146. The number of rotatable bonds is 3. The molecular weight excluding hydrogens is 302 g/mol. The Hall–Kier alpha value is -1.66. The molecule has 1 aliphatic rings. The van der Waals surface area contributed by atoms with Gasteiger partial charge in [0, 0.05) is 6.54 Å². The molecule has 0 spiro atoms. The first-order chi connectivity index (χ1) is 10.3. The first-order valence-electron chi connectivity index (χ1n) is 7.17. The van der Waals surface area contributed by atoms with Gasteiger partial charge in [-0.25, -0.2) is 8.42 Å². The van der Waals surface area contributed by atoms with Gasteiger partial charge in [-0.15, -0.1) is 0 Å². The van der Waals surface area contributed by atoms with Crippen LogP contribution in [-0.4, -0.2) is 38.4 Å². The molecule has 1 aromatic carbocycles. The molecule has 120 valence electrons. The molecule has 1 heterocycles. The Balaban J connectivity index is 2.60. The lowest BCUT2D eigenvalue weighted by atomic mass is 10.0. The van der Waals surface area contributed by atoms with Gasteiger partial charge < -0.3 is 4.74 Å². The highest BCUT2D eigenvalue weighted by Gasteiger charge is 2.40. The molecule has 1 atom stereocenters. The second-order valence-electron chi connectivity index (χ2n) is 5.68. The van der Waals surface area contributed by atoms with E-state index >= 15 is 0 Å². The number of nitrogens with zero attached hydrogens (tertiary/aromatic N) is 1. The van der Waals surface area contributed by atoms with E-state index in [2.05, 4.69) is 6.58 Å². The van der Waals surface area contributed by atoms with E-state index < -0.39 is 22.0 Å². The van der Waals surface area contributed by atoms with Crippen LogP contribution in [0.3, 0.4) is 0 Å². The van der Waals surface area contributed by atoms with Crippen LogP contribution in [0.4, 0.5) is 0 Å². The highest BCUT2D eigenvalue weighted by atomic mass is 32.2. The number of carbonyl (C=O) groups excluding carboxylic acids is 1. The minimum atomic E-state index is -3.78. The first-order valence-corrected chi connectivity index (χ1v) is 8.61. The van der Waals surface area contributed by atoms with E-state index in [1.165, 1.54) is 11.4 Å². The molecule has 0 saturated heterocycles. The van der Waals surface area contributed by atoms with Crippen LogP contribution in [0.5, 0.6) is 0 Å². The highest BCUT2D eigenvalue weighted by molar-refractivity contribution is 7.89. The summed E-state index contributed by atoms with van der Waals surface area (Å²) >= 11 is 0. The monoisotopic (exact) mass is 323 g/mol. The van der Waals surface area contributed by atoms with Gasteiger partial charge in [0.25, 0.3) is 0 Å². The van der Waals surface area contributed by atoms with Crippen molar-refractivity contribution in [3.8, 4) is 0 Å². The second-order valence-corrected chi connectivity index (χ2v) is 7.54. The van der Waals surface area contributed by atoms with Crippen LogP contribution in [0.1, 0.15) is 25.8 Å². The summed E-state index contributed by atoms with van der Waals surface area (Å²) in [6.45, 7) is 7.81. The largest absolute Gasteiger partial charge is 0.468 e. The van der Waals surface area contributed by atoms with Gasteiger partial charge in [0.05, 0.1) is 12.0 Å². The molecule has 0 unspecified atom stereocenters. The summed E-state index contributed by atoms with van der Waals surface area (Å²) in [5.41, 5.74) is 1.38. The predicted molar refractivity (Wildman–Crippen MR) is 84.6 cm³/mol. The fraction of sp³-hybridized carbons (Fsp3) is 0.438. The van der Waals surface area contributed by atoms with Crippen LogP contribution in [0, 0.1) is 5.92 Å². The summed E-state index contributed by atoms with van der Waals surface area (Å²) in [5.74, 6) is -0.732. The summed E-state index contributed by atoms with van der Waals surface area (Å²) in [5, 5.41) is 0. The molecule has 1 aliphatic heterocycles. The Morgan fingerprint density at radius 2 is 1.95 bits per heavy atom. The van der Waals surface area contributed by atoms with Gasteiger partial charge in [-0.3, -0.25) is 4.79 Å². The van der Waals surface area contributed by atoms with E-state index in [0.29, 0.717) is 12.0 Å². The summed E-state index contributed by atoms with van der Waals surface area (Å²) in [4.78, 5) is 12.3. The molecule has 0 aliphatic carbocycles. The quantitative estimate of drug-likeness (QED) is 0.801. The maximum atomic E-state index is 13.0. The Kier molecular flexibility index (Phi) is 4.72. The fourth-order valence-electron chi connectivity index (χ4n) is 2.74. The zero-order valence-corrected chi connectivity index (χ0v) is 13.9. The number of sulfonamides is 1. The van der Waals surface area contributed by atoms with E-state index in [-0.39, 0.29) is 17.4 Å². The van der Waals surface area contributed by atoms with Crippen molar-refractivity contribution in [2.75, 3.05) is 13.7 Å². The molecule has 0 amide bonds. The maximum Gasteiger partial charge on any atom is 0.324 e. The first kappa shape index (κ1) is 16.7. The minimum absolute atomic E-state index is 0.194. The molecule has 2 rings (SSSR count). The summed E-state index contributed by atoms with van der Waals surface area (Å²) in [6, 6.07) is 5.93. The predicted octanol–water partition coefficient (Wildman–Crippen LogP) is 2.29. The third kappa shape index (κ3) is 2.80. The van der Waals surface area contributed by atoms with Crippen molar-refractivity contribution in [2.24, 2.45) is 5.92 Å². The van der Waals surface area contributed by atoms with Crippen molar-refractivity contribution in [3.63, 3.8) is 0 Å². The second kappa shape index (κ2) is 6.22. The molecule has 6 heteroatoms. The number of carbonyl (C=O) groups is 1. The molecule has 5 nitrogen and oxygen atoms in total. The van der Waals surface area contributed by atoms with Gasteiger partial charge in [-0.05, 0) is 29.5 Å². The Labute approximate surface area is 131 Å². The molecular formula is C16H21NO4S. The van der Waals surface area contributed by atoms with Gasteiger partial charge in [0.1, 0.15) is 6.04 Å².